The van der Waals surface area contributed by atoms with Gasteiger partial charge in [-0.2, -0.15) is 5.10 Å². The van der Waals surface area contributed by atoms with Crippen LogP contribution in [-0.2, 0) is 0 Å². The summed E-state index contributed by atoms with van der Waals surface area (Å²) in [4.78, 5) is 30.0. The Balaban J connectivity index is 1.58. The van der Waals surface area contributed by atoms with E-state index in [1.165, 1.54) is 6.33 Å². The largest absolute Gasteiger partial charge is 0.360 e. The van der Waals surface area contributed by atoms with Crippen LogP contribution in [0.15, 0.2) is 84.3 Å². The van der Waals surface area contributed by atoms with Gasteiger partial charge in [0, 0.05) is 23.1 Å². The smallest absolute Gasteiger partial charge is 0.263 e. The number of anilines is 1. The maximum atomic E-state index is 14.0. The van der Waals surface area contributed by atoms with Crippen LogP contribution >= 0.6 is 0 Å². The van der Waals surface area contributed by atoms with Gasteiger partial charge < -0.3 is 10.3 Å². The van der Waals surface area contributed by atoms with Crippen LogP contribution in [0.4, 0.5) is 5.82 Å². The lowest BCUT2D eigenvalue weighted by Crippen LogP contribution is -2.26. The van der Waals surface area contributed by atoms with Crippen molar-refractivity contribution in [3.8, 4) is 16.9 Å². The van der Waals surface area contributed by atoms with E-state index in [-0.39, 0.29) is 11.6 Å². The molecule has 0 amide bonds. The Hall–Kier alpha value is -4.79. The molecule has 1 atom stereocenters. The van der Waals surface area contributed by atoms with Crippen LogP contribution in [0, 0.1) is 0 Å². The number of fused-ring (bicyclic) bond motifs is 2. The van der Waals surface area contributed by atoms with Gasteiger partial charge in [-0.3, -0.25) is 14.5 Å². The van der Waals surface area contributed by atoms with Gasteiger partial charge in [-0.25, -0.2) is 15.0 Å². The lowest BCUT2D eigenvalue weighted by atomic mass is 10.0. The van der Waals surface area contributed by atoms with Crippen molar-refractivity contribution in [1.29, 1.82) is 0 Å². The fraction of sp³-hybridized carbons (Fsp3) is 0.0800. The minimum absolute atomic E-state index is 0.112. The van der Waals surface area contributed by atoms with Crippen molar-refractivity contribution in [2.75, 3.05) is 5.32 Å². The van der Waals surface area contributed by atoms with E-state index in [0.29, 0.717) is 22.4 Å². The second-order valence-corrected chi connectivity index (χ2v) is 7.96. The van der Waals surface area contributed by atoms with Crippen molar-refractivity contribution in [3.63, 3.8) is 0 Å². The molecule has 6 aromatic rings. The number of hydrogen-bond acceptors (Lipinski definition) is 6. The number of pyridine rings is 1. The minimum Gasteiger partial charge on any atom is -0.360 e. The normalized spacial score (nSPS) is 12.3. The minimum atomic E-state index is -0.263. The first kappa shape index (κ1) is 19.9. The first-order valence-electron chi connectivity index (χ1n) is 10.9. The quantitative estimate of drug-likeness (QED) is 0.364. The molecule has 4 aromatic heterocycles. The van der Waals surface area contributed by atoms with E-state index in [0.717, 1.165) is 28.0 Å². The van der Waals surface area contributed by atoms with Crippen LogP contribution in [0.2, 0.25) is 0 Å². The van der Waals surface area contributed by atoms with Gasteiger partial charge in [0.25, 0.3) is 5.56 Å². The molecule has 0 aliphatic heterocycles. The van der Waals surface area contributed by atoms with Crippen molar-refractivity contribution in [2.45, 2.75) is 13.0 Å². The van der Waals surface area contributed by atoms with E-state index < -0.39 is 0 Å². The molecule has 0 saturated carbocycles. The summed E-state index contributed by atoms with van der Waals surface area (Å²) >= 11 is 0. The van der Waals surface area contributed by atoms with E-state index in [1.807, 2.05) is 67.6 Å². The molecule has 0 bridgehead atoms. The van der Waals surface area contributed by atoms with Gasteiger partial charge in [0.1, 0.15) is 11.8 Å². The second-order valence-electron chi connectivity index (χ2n) is 7.96. The third-order valence-electron chi connectivity index (χ3n) is 5.88. The fourth-order valence-electron chi connectivity index (χ4n) is 4.32. The number of rotatable bonds is 5. The van der Waals surface area contributed by atoms with Gasteiger partial charge in [0.15, 0.2) is 11.5 Å². The van der Waals surface area contributed by atoms with Crippen LogP contribution in [0.5, 0.6) is 0 Å². The molecule has 9 nitrogen and oxygen atoms in total. The topological polar surface area (TPSA) is 117 Å². The Morgan fingerprint density at radius 1 is 1.00 bits per heavy atom. The molecular formula is C25H20N8O. The summed E-state index contributed by atoms with van der Waals surface area (Å²) in [6.07, 6.45) is 4.82. The molecule has 0 radical (unpaired) electrons. The summed E-state index contributed by atoms with van der Waals surface area (Å²) in [6.45, 7) is 2.00. The molecule has 4 heterocycles. The van der Waals surface area contributed by atoms with Gasteiger partial charge in [0.05, 0.1) is 23.4 Å². The highest BCUT2D eigenvalue weighted by molar-refractivity contribution is 5.95. The highest BCUT2D eigenvalue weighted by Crippen LogP contribution is 2.29. The molecular weight excluding hydrogens is 428 g/mol. The van der Waals surface area contributed by atoms with Crippen molar-refractivity contribution in [1.82, 2.24) is 34.7 Å². The number of imidazole rings is 1. The Morgan fingerprint density at radius 3 is 2.71 bits per heavy atom. The summed E-state index contributed by atoms with van der Waals surface area (Å²) in [7, 11) is 0. The lowest BCUT2D eigenvalue weighted by molar-refractivity contribution is 0.774. The molecule has 6 rings (SSSR count). The first-order chi connectivity index (χ1) is 16.7. The average molecular weight is 448 g/mol. The van der Waals surface area contributed by atoms with E-state index in [9.17, 15) is 4.79 Å². The third kappa shape index (κ3) is 3.22. The van der Waals surface area contributed by atoms with Crippen LogP contribution < -0.4 is 10.9 Å². The molecule has 0 saturated heterocycles. The Kier molecular flexibility index (Phi) is 4.65. The number of nitrogens with one attached hydrogen (secondary N) is 3. The first-order valence-corrected chi connectivity index (χ1v) is 10.9. The molecule has 0 spiro atoms. The number of para-hydroxylation sites is 1. The van der Waals surface area contributed by atoms with E-state index in [1.54, 1.807) is 17.1 Å². The standard InChI is InChI=1S/C25H20N8O/c1-15(31-24-22-23(27-13-26-22)28-14-29-24)20-12-16-6-5-9-18(19-10-11-30-32-19)21(16)25(34)33(20)17-7-3-2-4-8-17/h2-15H,1H3,(H,30,32)(H2,26,27,28,29,31). The fourth-order valence-corrected chi connectivity index (χ4v) is 4.32. The molecule has 3 N–H and O–H groups in total. The predicted molar refractivity (Wildman–Crippen MR) is 131 cm³/mol. The zero-order valence-corrected chi connectivity index (χ0v) is 18.2. The Morgan fingerprint density at radius 2 is 1.88 bits per heavy atom. The third-order valence-corrected chi connectivity index (χ3v) is 5.88. The van der Waals surface area contributed by atoms with Gasteiger partial charge in [-0.05, 0) is 36.6 Å². The number of benzene rings is 2. The summed E-state index contributed by atoms with van der Waals surface area (Å²) in [5.74, 6) is 0.594. The maximum absolute atomic E-state index is 14.0. The molecule has 2 aromatic carbocycles. The van der Waals surface area contributed by atoms with Crippen LogP contribution in [0.3, 0.4) is 0 Å². The van der Waals surface area contributed by atoms with Crippen molar-refractivity contribution in [2.24, 2.45) is 0 Å². The monoisotopic (exact) mass is 448 g/mol. The van der Waals surface area contributed by atoms with E-state index >= 15 is 0 Å². The molecule has 166 valence electrons. The van der Waals surface area contributed by atoms with Gasteiger partial charge in [0.2, 0.25) is 0 Å². The van der Waals surface area contributed by atoms with Gasteiger partial charge in [-0.15, -0.1) is 0 Å². The zero-order valence-electron chi connectivity index (χ0n) is 18.2. The highest BCUT2D eigenvalue weighted by atomic mass is 16.1. The number of nitrogens with zero attached hydrogens (tertiary/aromatic N) is 5. The van der Waals surface area contributed by atoms with Crippen LogP contribution in [0.25, 0.3) is 38.9 Å². The number of H-pyrrole nitrogens is 2. The number of aromatic nitrogens is 7. The lowest BCUT2D eigenvalue weighted by Gasteiger charge is -2.22. The number of aromatic amines is 2. The van der Waals surface area contributed by atoms with E-state index in [2.05, 4.69) is 35.5 Å². The molecule has 0 aliphatic rings. The van der Waals surface area contributed by atoms with Crippen molar-refractivity contribution < 1.29 is 0 Å². The predicted octanol–water partition coefficient (Wildman–Crippen LogP) is 4.22. The summed E-state index contributed by atoms with van der Waals surface area (Å²) in [5.41, 5.74) is 4.26. The molecule has 0 fully saturated rings. The zero-order chi connectivity index (χ0) is 23.1. The van der Waals surface area contributed by atoms with Crippen LogP contribution in [-0.4, -0.2) is 34.7 Å². The molecule has 1 unspecified atom stereocenters. The van der Waals surface area contributed by atoms with Crippen molar-refractivity contribution in [3.05, 3.63) is 95.6 Å². The van der Waals surface area contributed by atoms with Gasteiger partial charge >= 0.3 is 0 Å². The Labute approximate surface area is 193 Å². The summed E-state index contributed by atoms with van der Waals surface area (Å²) in [6, 6.07) is 19.1. The maximum Gasteiger partial charge on any atom is 0.263 e. The Bertz CT molecular complexity index is 1670. The van der Waals surface area contributed by atoms with Crippen molar-refractivity contribution >= 4 is 27.8 Å². The van der Waals surface area contributed by atoms with Crippen LogP contribution in [0.1, 0.15) is 18.7 Å². The average Bonchev–Trinajstić information content (AvgIpc) is 3.57. The molecule has 0 aliphatic carbocycles. The molecule has 34 heavy (non-hydrogen) atoms. The highest BCUT2D eigenvalue weighted by Gasteiger charge is 2.20. The summed E-state index contributed by atoms with van der Waals surface area (Å²) < 4.78 is 1.75. The van der Waals surface area contributed by atoms with Gasteiger partial charge in [-0.1, -0.05) is 36.4 Å². The SMILES string of the molecule is CC(Nc1ncnc2[nH]cnc12)c1cc2cccc(-c3cc[nH]n3)c2c(=O)n1-c1ccccc1. The molecule has 9 heteroatoms. The number of hydrogen-bond donors (Lipinski definition) is 3. The second kappa shape index (κ2) is 7.96. The van der Waals surface area contributed by atoms with E-state index in [4.69, 9.17) is 0 Å². The summed E-state index contributed by atoms with van der Waals surface area (Å²) in [5, 5.41) is 12.0.